The quantitative estimate of drug-likeness (QED) is 0.391. The van der Waals surface area contributed by atoms with Crippen molar-refractivity contribution in [2.24, 2.45) is 17.3 Å². The van der Waals surface area contributed by atoms with Crippen molar-refractivity contribution < 1.29 is 38.1 Å². The van der Waals surface area contributed by atoms with Crippen molar-refractivity contribution in [3.05, 3.63) is 23.3 Å². The fourth-order valence-electron chi connectivity index (χ4n) is 4.99. The Labute approximate surface area is 175 Å². The van der Waals surface area contributed by atoms with Crippen LogP contribution in [0.1, 0.15) is 53.4 Å². The molecular weight excluding hydrogens is 392 g/mol. The average molecular weight is 420 g/mol. The lowest BCUT2D eigenvalue weighted by atomic mass is 9.75. The van der Waals surface area contributed by atoms with Crippen molar-refractivity contribution >= 4 is 17.9 Å². The van der Waals surface area contributed by atoms with E-state index in [0.717, 1.165) is 19.3 Å². The van der Waals surface area contributed by atoms with E-state index in [-0.39, 0.29) is 5.41 Å². The van der Waals surface area contributed by atoms with Gasteiger partial charge < -0.3 is 23.7 Å². The first-order valence-electron chi connectivity index (χ1n) is 10.4. The van der Waals surface area contributed by atoms with Crippen molar-refractivity contribution in [3.8, 4) is 0 Å². The summed E-state index contributed by atoms with van der Waals surface area (Å²) in [5, 5.41) is 0. The highest BCUT2D eigenvalue weighted by Gasteiger charge is 2.64. The van der Waals surface area contributed by atoms with E-state index in [1.165, 1.54) is 25.8 Å². The van der Waals surface area contributed by atoms with Gasteiger partial charge in [0, 0.05) is 19.4 Å². The van der Waals surface area contributed by atoms with Gasteiger partial charge in [0.15, 0.2) is 12.4 Å². The third-order valence-corrected chi connectivity index (χ3v) is 6.16. The predicted molar refractivity (Wildman–Crippen MR) is 102 cm³/mol. The number of ether oxygens (including phenoxy) is 5. The summed E-state index contributed by atoms with van der Waals surface area (Å²) in [4.78, 5) is 35.6. The zero-order valence-corrected chi connectivity index (χ0v) is 17.7. The molecule has 0 radical (unpaired) electrons. The maximum Gasteiger partial charge on any atom is 0.336 e. The third-order valence-electron chi connectivity index (χ3n) is 6.16. The molecular formula is C22H28O8. The van der Waals surface area contributed by atoms with E-state index in [0.29, 0.717) is 5.57 Å². The van der Waals surface area contributed by atoms with Gasteiger partial charge in [0.2, 0.25) is 12.6 Å². The normalized spacial score (nSPS) is 39.5. The number of carbonyl (C=O) groups is 3. The van der Waals surface area contributed by atoms with E-state index in [4.69, 9.17) is 23.7 Å². The van der Waals surface area contributed by atoms with Crippen LogP contribution >= 0.6 is 0 Å². The van der Waals surface area contributed by atoms with E-state index in [9.17, 15) is 14.4 Å². The molecule has 0 aromatic carbocycles. The molecule has 4 rings (SSSR count). The minimum atomic E-state index is -1.09. The first kappa shape index (κ1) is 21.1. The van der Waals surface area contributed by atoms with E-state index >= 15 is 0 Å². The molecule has 1 aliphatic carbocycles. The van der Waals surface area contributed by atoms with Crippen LogP contribution in [0, 0.1) is 17.3 Å². The van der Waals surface area contributed by atoms with E-state index in [1.54, 1.807) is 6.08 Å². The first-order chi connectivity index (χ1) is 14.1. The molecule has 4 fully saturated rings. The van der Waals surface area contributed by atoms with Crippen molar-refractivity contribution in [2.45, 2.75) is 78.4 Å². The minimum Gasteiger partial charge on any atom is -0.455 e. The molecule has 0 unspecified atom stereocenters. The molecule has 0 bridgehead atoms. The molecule has 4 aliphatic rings. The van der Waals surface area contributed by atoms with Crippen LogP contribution in [0.5, 0.6) is 0 Å². The molecule has 0 aromatic heterocycles. The predicted octanol–water partition coefficient (Wildman–Crippen LogP) is 2.76. The fourth-order valence-corrected chi connectivity index (χ4v) is 4.99. The number of fused-ring (bicyclic) bond motifs is 3. The van der Waals surface area contributed by atoms with Crippen LogP contribution in [-0.2, 0) is 38.1 Å². The van der Waals surface area contributed by atoms with Crippen LogP contribution in [0.3, 0.4) is 0 Å². The van der Waals surface area contributed by atoms with Gasteiger partial charge in [0.05, 0.1) is 11.8 Å². The Morgan fingerprint density at radius 1 is 1.07 bits per heavy atom. The summed E-state index contributed by atoms with van der Waals surface area (Å²) in [6.07, 6.45) is 4.53. The number of rotatable bonds is 3. The number of carbonyl (C=O) groups excluding carboxylic acids is 3. The van der Waals surface area contributed by atoms with Gasteiger partial charge in [-0.25, -0.2) is 4.79 Å². The first-order valence-corrected chi connectivity index (χ1v) is 10.4. The number of hydrogen-bond acceptors (Lipinski definition) is 8. The molecule has 0 N–H and O–H groups in total. The summed E-state index contributed by atoms with van der Waals surface area (Å²) in [7, 11) is 0. The second-order valence-corrected chi connectivity index (χ2v) is 9.21. The van der Waals surface area contributed by atoms with Crippen LogP contribution < -0.4 is 0 Å². The zero-order valence-electron chi connectivity index (χ0n) is 17.7. The summed E-state index contributed by atoms with van der Waals surface area (Å²) in [6, 6.07) is 0. The van der Waals surface area contributed by atoms with Crippen molar-refractivity contribution in [1.29, 1.82) is 0 Å². The molecule has 0 amide bonds. The van der Waals surface area contributed by atoms with Gasteiger partial charge in [0.1, 0.15) is 0 Å². The van der Waals surface area contributed by atoms with Crippen LogP contribution in [0.4, 0.5) is 0 Å². The lowest BCUT2D eigenvalue weighted by Crippen LogP contribution is -2.38. The van der Waals surface area contributed by atoms with Gasteiger partial charge in [-0.3, -0.25) is 9.59 Å². The molecule has 0 aromatic rings. The number of hydrogen-bond donors (Lipinski definition) is 0. The topological polar surface area (TPSA) is 97.4 Å². The van der Waals surface area contributed by atoms with Gasteiger partial charge in [0.25, 0.3) is 0 Å². The molecule has 8 nitrogen and oxygen atoms in total. The number of esters is 3. The van der Waals surface area contributed by atoms with Gasteiger partial charge >= 0.3 is 17.9 Å². The van der Waals surface area contributed by atoms with Gasteiger partial charge in [-0.1, -0.05) is 31.6 Å². The number of allylic oxidation sites excluding steroid dienone is 3. The Hall–Kier alpha value is -2.19. The van der Waals surface area contributed by atoms with Gasteiger partial charge in [-0.2, -0.15) is 0 Å². The van der Waals surface area contributed by atoms with E-state index < -0.39 is 54.7 Å². The zero-order chi connectivity index (χ0) is 21.6. The molecule has 1 saturated carbocycles. The van der Waals surface area contributed by atoms with E-state index in [2.05, 4.69) is 13.8 Å². The fraction of sp³-hybridized carbons (Fsp3) is 0.682. The summed E-state index contributed by atoms with van der Waals surface area (Å²) in [5.74, 6) is -2.53. The molecule has 8 heteroatoms. The third kappa shape index (κ3) is 4.03. The minimum absolute atomic E-state index is 0.250. The second kappa shape index (κ2) is 7.81. The van der Waals surface area contributed by atoms with Crippen LogP contribution in [0.2, 0.25) is 0 Å². The largest absolute Gasteiger partial charge is 0.455 e. The highest BCUT2D eigenvalue weighted by Crippen LogP contribution is 2.51. The molecule has 0 spiro atoms. The molecule has 3 aliphatic heterocycles. The summed E-state index contributed by atoms with van der Waals surface area (Å²) in [6.45, 7) is 7.01. The average Bonchev–Trinajstić information content (AvgIpc) is 3.20. The Kier molecular flexibility index (Phi) is 5.48. The standard InChI is InChI=1S/C22H28O8/c1-11(23)26-17-16-15-14(8-7-13-6-5-9-22(3,4)10-13)18(25)28-19(15)29-20(16)30-21(17)27-12(2)24/h7-8,15-17,19-21H,5-6,9-10H2,1-4H3/b13-7-,14-8+/t15-,16-,17-,19+,20+,21-/m1/s1. The monoisotopic (exact) mass is 420 g/mol. The highest BCUT2D eigenvalue weighted by atomic mass is 16.8. The highest BCUT2D eigenvalue weighted by molar-refractivity contribution is 5.92. The maximum absolute atomic E-state index is 12.5. The van der Waals surface area contributed by atoms with Crippen molar-refractivity contribution in [1.82, 2.24) is 0 Å². The Morgan fingerprint density at radius 3 is 2.47 bits per heavy atom. The second-order valence-electron chi connectivity index (χ2n) is 9.21. The summed E-state index contributed by atoms with van der Waals surface area (Å²) >= 11 is 0. The van der Waals surface area contributed by atoms with Crippen LogP contribution in [0.15, 0.2) is 23.3 Å². The lowest BCUT2D eigenvalue weighted by molar-refractivity contribution is -0.244. The maximum atomic E-state index is 12.5. The molecule has 6 atom stereocenters. The van der Waals surface area contributed by atoms with Gasteiger partial charge in [-0.05, 0) is 31.1 Å². The van der Waals surface area contributed by atoms with E-state index in [1.807, 2.05) is 6.08 Å². The molecule has 30 heavy (non-hydrogen) atoms. The summed E-state index contributed by atoms with van der Waals surface area (Å²) in [5.41, 5.74) is 2.01. The Balaban J connectivity index is 1.61. The lowest BCUT2D eigenvalue weighted by Gasteiger charge is -2.31. The van der Waals surface area contributed by atoms with Crippen molar-refractivity contribution in [3.63, 3.8) is 0 Å². The summed E-state index contributed by atoms with van der Waals surface area (Å²) < 4.78 is 27.4. The van der Waals surface area contributed by atoms with Crippen LogP contribution in [-0.4, -0.2) is 42.9 Å². The molecule has 164 valence electrons. The molecule has 3 heterocycles. The van der Waals surface area contributed by atoms with Gasteiger partial charge in [-0.15, -0.1) is 0 Å². The van der Waals surface area contributed by atoms with Crippen LogP contribution in [0.25, 0.3) is 0 Å². The Morgan fingerprint density at radius 2 is 1.80 bits per heavy atom. The SMILES string of the molecule is CC(=O)O[C@@H]1O[C@@H]2O[C@@H]3OC(=O)/C(=C/C=C4/CCCC(C)(C)C4)[C@@H]3[C@@H]2[C@H]1OC(C)=O. The smallest absolute Gasteiger partial charge is 0.336 e. The molecule has 3 saturated heterocycles. The van der Waals surface area contributed by atoms with Crippen molar-refractivity contribution in [2.75, 3.05) is 0 Å². The Bertz CT molecular complexity index is 810.